The molecule has 1 aromatic carbocycles. The highest BCUT2D eigenvalue weighted by atomic mass is 19.1. The number of benzene rings is 1. The van der Waals surface area contributed by atoms with E-state index in [1.807, 2.05) is 10.7 Å². The first-order valence-electron chi connectivity index (χ1n) is 7.47. The first-order chi connectivity index (χ1) is 10.3. The average molecular weight is 288 g/mol. The van der Waals surface area contributed by atoms with Crippen LogP contribution in [0.2, 0.25) is 0 Å². The van der Waals surface area contributed by atoms with E-state index < -0.39 is 0 Å². The molecule has 0 atom stereocenters. The van der Waals surface area contributed by atoms with Gasteiger partial charge in [-0.3, -0.25) is 4.90 Å². The lowest BCUT2D eigenvalue weighted by Crippen LogP contribution is -2.36. The predicted molar refractivity (Wildman–Crippen MR) is 80.6 cm³/mol. The zero-order chi connectivity index (χ0) is 14.7. The largest absolute Gasteiger partial charge is 0.330 e. The van der Waals surface area contributed by atoms with Crippen LogP contribution >= 0.6 is 0 Å². The molecular weight excluding hydrogens is 267 g/mol. The summed E-state index contributed by atoms with van der Waals surface area (Å²) < 4.78 is 14.9. The van der Waals surface area contributed by atoms with E-state index in [0.29, 0.717) is 5.92 Å². The summed E-state index contributed by atoms with van der Waals surface area (Å²) in [4.78, 5) is 2.43. The first kappa shape index (κ1) is 14.2. The van der Waals surface area contributed by atoms with Gasteiger partial charge in [0.05, 0.1) is 11.4 Å². The highest BCUT2D eigenvalue weighted by Gasteiger charge is 2.19. The van der Waals surface area contributed by atoms with Gasteiger partial charge in [0.25, 0.3) is 0 Å². The minimum absolute atomic E-state index is 0.226. The normalized spacial score (nSPS) is 17.2. The lowest BCUT2D eigenvalue weighted by Gasteiger charge is -2.31. The number of likely N-dealkylation sites (tertiary alicyclic amines) is 1. The third kappa shape index (κ3) is 3.31. The first-order valence-corrected chi connectivity index (χ1v) is 7.47. The van der Waals surface area contributed by atoms with Crippen LogP contribution < -0.4 is 5.73 Å². The van der Waals surface area contributed by atoms with Gasteiger partial charge in [-0.05, 0) is 68.7 Å². The molecule has 0 spiro atoms. The van der Waals surface area contributed by atoms with Crippen LogP contribution in [0.25, 0.3) is 5.69 Å². The molecule has 1 aromatic heterocycles. The Balaban J connectivity index is 1.70. The summed E-state index contributed by atoms with van der Waals surface area (Å²) in [7, 11) is 0. The second-order valence-electron chi connectivity index (χ2n) is 5.67. The van der Waals surface area contributed by atoms with Gasteiger partial charge in [0.1, 0.15) is 5.82 Å². The summed E-state index contributed by atoms with van der Waals surface area (Å²) in [6, 6.07) is 8.47. The van der Waals surface area contributed by atoms with Gasteiger partial charge < -0.3 is 5.73 Å². The van der Waals surface area contributed by atoms with Crippen molar-refractivity contribution in [1.82, 2.24) is 14.7 Å². The van der Waals surface area contributed by atoms with Crippen LogP contribution in [0.1, 0.15) is 18.5 Å². The van der Waals surface area contributed by atoms with Crippen LogP contribution in [0.15, 0.2) is 36.5 Å². The monoisotopic (exact) mass is 288 g/mol. The fourth-order valence-corrected chi connectivity index (χ4v) is 2.87. The number of halogens is 1. The number of rotatable bonds is 4. The van der Waals surface area contributed by atoms with Gasteiger partial charge in [0.15, 0.2) is 0 Å². The molecule has 1 fully saturated rings. The van der Waals surface area contributed by atoms with Gasteiger partial charge in [0.2, 0.25) is 0 Å². The van der Waals surface area contributed by atoms with Crippen molar-refractivity contribution in [1.29, 1.82) is 0 Å². The van der Waals surface area contributed by atoms with E-state index in [-0.39, 0.29) is 5.82 Å². The number of piperidine rings is 1. The standard InChI is InChI=1S/C16H21FN4/c17-14-1-3-15(4-2-14)21-16(5-8-19-21)12-20-9-6-13(11-18)7-10-20/h1-5,8,13H,6-7,9-12,18H2. The van der Waals surface area contributed by atoms with E-state index in [0.717, 1.165) is 37.6 Å². The molecule has 0 saturated carbocycles. The van der Waals surface area contributed by atoms with E-state index in [9.17, 15) is 4.39 Å². The Hall–Kier alpha value is -1.72. The zero-order valence-electron chi connectivity index (χ0n) is 12.1. The molecule has 0 unspecified atom stereocenters. The van der Waals surface area contributed by atoms with Crippen molar-refractivity contribution >= 4 is 0 Å². The molecule has 1 aliphatic heterocycles. The van der Waals surface area contributed by atoms with Gasteiger partial charge >= 0.3 is 0 Å². The Bertz CT molecular complexity index is 570. The Morgan fingerprint density at radius 3 is 2.52 bits per heavy atom. The van der Waals surface area contributed by atoms with E-state index in [2.05, 4.69) is 10.00 Å². The second kappa shape index (κ2) is 6.37. The fraction of sp³-hybridized carbons (Fsp3) is 0.438. The molecule has 1 aliphatic rings. The number of nitrogens with zero attached hydrogens (tertiary/aromatic N) is 3. The van der Waals surface area contributed by atoms with Crippen LogP contribution in [-0.2, 0) is 6.54 Å². The van der Waals surface area contributed by atoms with Gasteiger partial charge in [-0.15, -0.1) is 0 Å². The smallest absolute Gasteiger partial charge is 0.123 e. The molecule has 0 radical (unpaired) electrons. The van der Waals surface area contributed by atoms with Crippen LogP contribution in [0, 0.1) is 11.7 Å². The zero-order valence-corrected chi connectivity index (χ0v) is 12.1. The molecule has 112 valence electrons. The van der Waals surface area contributed by atoms with Crippen molar-refractivity contribution < 1.29 is 4.39 Å². The SMILES string of the molecule is NCC1CCN(Cc2ccnn2-c2ccc(F)cc2)CC1. The molecule has 0 bridgehead atoms. The van der Waals surface area contributed by atoms with Crippen LogP contribution in [0.4, 0.5) is 4.39 Å². The van der Waals surface area contributed by atoms with E-state index in [4.69, 9.17) is 5.73 Å². The highest BCUT2D eigenvalue weighted by molar-refractivity contribution is 5.32. The van der Waals surface area contributed by atoms with Gasteiger partial charge in [-0.2, -0.15) is 5.10 Å². The summed E-state index contributed by atoms with van der Waals surface area (Å²) >= 11 is 0. The molecule has 3 rings (SSSR count). The summed E-state index contributed by atoms with van der Waals surface area (Å²) in [5.74, 6) is 0.444. The molecule has 2 heterocycles. The van der Waals surface area contributed by atoms with Gasteiger partial charge in [-0.25, -0.2) is 9.07 Å². The molecule has 0 aliphatic carbocycles. The second-order valence-corrected chi connectivity index (χ2v) is 5.67. The number of hydrogen-bond donors (Lipinski definition) is 1. The van der Waals surface area contributed by atoms with Crippen molar-refractivity contribution in [3.63, 3.8) is 0 Å². The summed E-state index contributed by atoms with van der Waals surface area (Å²) in [6.07, 6.45) is 4.13. The minimum atomic E-state index is -0.226. The fourth-order valence-electron chi connectivity index (χ4n) is 2.87. The molecular formula is C16H21FN4. The van der Waals surface area contributed by atoms with E-state index >= 15 is 0 Å². The van der Waals surface area contributed by atoms with Crippen LogP contribution in [0.5, 0.6) is 0 Å². The molecule has 4 nitrogen and oxygen atoms in total. The van der Waals surface area contributed by atoms with Crippen molar-refractivity contribution in [2.24, 2.45) is 11.7 Å². The predicted octanol–water partition coefficient (Wildman–Crippen LogP) is 2.18. The Morgan fingerprint density at radius 2 is 1.86 bits per heavy atom. The average Bonchev–Trinajstić information content (AvgIpc) is 2.97. The minimum Gasteiger partial charge on any atom is -0.330 e. The highest BCUT2D eigenvalue weighted by Crippen LogP contribution is 2.19. The third-order valence-corrected chi connectivity index (χ3v) is 4.22. The lowest BCUT2D eigenvalue weighted by atomic mass is 9.97. The number of aromatic nitrogens is 2. The van der Waals surface area contributed by atoms with Crippen molar-refractivity contribution in [3.8, 4) is 5.69 Å². The Kier molecular flexibility index (Phi) is 4.31. The Morgan fingerprint density at radius 1 is 1.14 bits per heavy atom. The molecule has 21 heavy (non-hydrogen) atoms. The van der Waals surface area contributed by atoms with Crippen LogP contribution in [0.3, 0.4) is 0 Å². The third-order valence-electron chi connectivity index (χ3n) is 4.22. The maximum Gasteiger partial charge on any atom is 0.123 e. The van der Waals surface area contributed by atoms with Crippen LogP contribution in [-0.4, -0.2) is 34.3 Å². The molecule has 5 heteroatoms. The number of hydrogen-bond acceptors (Lipinski definition) is 3. The molecule has 2 N–H and O–H groups in total. The maximum atomic E-state index is 13.0. The summed E-state index contributed by atoms with van der Waals surface area (Å²) in [6.45, 7) is 3.82. The van der Waals surface area contributed by atoms with Gasteiger partial charge in [0, 0.05) is 12.7 Å². The van der Waals surface area contributed by atoms with Crippen molar-refractivity contribution in [2.45, 2.75) is 19.4 Å². The Labute approximate surface area is 124 Å². The summed E-state index contributed by atoms with van der Waals surface area (Å²) in [5.41, 5.74) is 7.76. The summed E-state index contributed by atoms with van der Waals surface area (Å²) in [5, 5.41) is 4.36. The van der Waals surface area contributed by atoms with E-state index in [1.165, 1.54) is 25.0 Å². The topological polar surface area (TPSA) is 47.1 Å². The van der Waals surface area contributed by atoms with Crippen molar-refractivity contribution in [3.05, 3.63) is 48.0 Å². The van der Waals surface area contributed by atoms with E-state index in [1.54, 1.807) is 18.3 Å². The molecule has 2 aromatic rings. The van der Waals surface area contributed by atoms with Gasteiger partial charge in [-0.1, -0.05) is 0 Å². The quantitative estimate of drug-likeness (QED) is 0.938. The number of nitrogens with two attached hydrogens (primary N) is 1. The van der Waals surface area contributed by atoms with Crippen molar-refractivity contribution in [2.75, 3.05) is 19.6 Å². The molecule has 1 saturated heterocycles. The lowest BCUT2D eigenvalue weighted by molar-refractivity contribution is 0.177. The maximum absolute atomic E-state index is 13.0. The molecule has 0 amide bonds.